The minimum atomic E-state index is -1.05. The molecule has 1 N–H and O–H groups in total. The van der Waals surface area contributed by atoms with E-state index in [1.165, 1.54) is 4.90 Å². The van der Waals surface area contributed by atoms with Crippen molar-refractivity contribution in [3.63, 3.8) is 0 Å². The van der Waals surface area contributed by atoms with Gasteiger partial charge in [-0.15, -0.1) is 0 Å². The summed E-state index contributed by atoms with van der Waals surface area (Å²) in [4.78, 5) is 38.0. The van der Waals surface area contributed by atoms with Gasteiger partial charge in [0.05, 0.1) is 0 Å². The Hall–Kier alpha value is -2.17. The van der Waals surface area contributed by atoms with E-state index in [9.17, 15) is 19.5 Å². The van der Waals surface area contributed by atoms with Crippen LogP contribution in [0.3, 0.4) is 0 Å². The maximum Gasteiger partial charge on any atom is 0.326 e. The molecule has 23 heavy (non-hydrogen) atoms. The number of benzene rings is 1. The van der Waals surface area contributed by atoms with Crippen LogP contribution in [0.15, 0.2) is 24.3 Å². The first-order chi connectivity index (χ1) is 11.1. The van der Waals surface area contributed by atoms with Crippen LogP contribution in [0.1, 0.15) is 43.2 Å². The summed E-state index contributed by atoms with van der Waals surface area (Å²) in [5, 5.41) is 9.47. The number of fused-ring (bicyclic) bond motifs is 1. The van der Waals surface area contributed by atoms with Crippen molar-refractivity contribution in [1.29, 1.82) is 0 Å². The molecular weight excluding hydrogens is 294 g/mol. The first-order valence-corrected chi connectivity index (χ1v) is 8.22. The lowest BCUT2D eigenvalue weighted by Gasteiger charge is -2.35. The summed E-state index contributed by atoms with van der Waals surface area (Å²) >= 11 is 0. The molecule has 1 atom stereocenters. The molecule has 1 aromatic rings. The van der Waals surface area contributed by atoms with E-state index in [-0.39, 0.29) is 18.9 Å². The van der Waals surface area contributed by atoms with Crippen LogP contribution in [0.2, 0.25) is 0 Å². The number of nitrogens with zero attached hydrogens (tertiary/aromatic N) is 1. The molecule has 5 nitrogen and oxygen atoms in total. The van der Waals surface area contributed by atoms with Crippen LogP contribution in [0, 0.1) is 5.92 Å². The van der Waals surface area contributed by atoms with Crippen LogP contribution in [0.5, 0.6) is 0 Å². The van der Waals surface area contributed by atoms with E-state index in [4.69, 9.17) is 0 Å². The lowest BCUT2D eigenvalue weighted by Crippen LogP contribution is -2.52. The average Bonchev–Trinajstić information content (AvgIpc) is 2.60. The van der Waals surface area contributed by atoms with Crippen molar-refractivity contribution in [2.45, 2.75) is 51.1 Å². The van der Waals surface area contributed by atoms with Crippen molar-refractivity contribution in [3.8, 4) is 0 Å². The van der Waals surface area contributed by atoms with E-state index < -0.39 is 23.7 Å². The SMILES string of the molecule is O=C(C(=O)N1Cc2ccccc2CC1C(=O)O)C1CCCCC1. The zero-order valence-electron chi connectivity index (χ0n) is 13.0. The molecule has 1 fully saturated rings. The van der Waals surface area contributed by atoms with Crippen LogP contribution in [0.25, 0.3) is 0 Å². The zero-order valence-corrected chi connectivity index (χ0v) is 13.0. The Morgan fingerprint density at radius 3 is 2.30 bits per heavy atom. The maximum absolute atomic E-state index is 12.6. The fourth-order valence-corrected chi connectivity index (χ4v) is 3.64. The summed E-state index contributed by atoms with van der Waals surface area (Å²) in [7, 11) is 0. The Bertz CT molecular complexity index is 634. The van der Waals surface area contributed by atoms with E-state index in [0.717, 1.165) is 43.2 Å². The quantitative estimate of drug-likeness (QED) is 0.868. The largest absolute Gasteiger partial charge is 0.480 e. The van der Waals surface area contributed by atoms with E-state index in [1.54, 1.807) is 0 Å². The van der Waals surface area contributed by atoms with Gasteiger partial charge in [-0.3, -0.25) is 9.59 Å². The van der Waals surface area contributed by atoms with Crippen molar-refractivity contribution < 1.29 is 19.5 Å². The molecule has 0 radical (unpaired) electrons. The first kappa shape index (κ1) is 15.7. The van der Waals surface area contributed by atoms with E-state index in [2.05, 4.69) is 0 Å². The lowest BCUT2D eigenvalue weighted by atomic mass is 9.85. The van der Waals surface area contributed by atoms with Gasteiger partial charge in [-0.05, 0) is 24.0 Å². The molecule has 1 aliphatic heterocycles. The van der Waals surface area contributed by atoms with Gasteiger partial charge in [-0.2, -0.15) is 0 Å². The average molecular weight is 315 g/mol. The monoisotopic (exact) mass is 315 g/mol. The summed E-state index contributed by atoms with van der Waals surface area (Å²) in [5.41, 5.74) is 1.86. The molecule has 3 rings (SSSR count). The van der Waals surface area contributed by atoms with Gasteiger partial charge >= 0.3 is 5.97 Å². The van der Waals surface area contributed by atoms with Gasteiger partial charge in [0.25, 0.3) is 5.91 Å². The Balaban J connectivity index is 1.82. The van der Waals surface area contributed by atoms with Gasteiger partial charge in [0.15, 0.2) is 0 Å². The topological polar surface area (TPSA) is 74.7 Å². The molecule has 1 amide bonds. The number of hydrogen-bond donors (Lipinski definition) is 1. The fourth-order valence-electron chi connectivity index (χ4n) is 3.64. The van der Waals surface area contributed by atoms with Crippen LogP contribution in [0.4, 0.5) is 0 Å². The molecule has 0 bridgehead atoms. The van der Waals surface area contributed by atoms with Crippen molar-refractivity contribution >= 4 is 17.7 Å². The van der Waals surface area contributed by atoms with Crippen molar-refractivity contribution in [1.82, 2.24) is 4.90 Å². The maximum atomic E-state index is 12.6. The van der Waals surface area contributed by atoms with Crippen molar-refractivity contribution in [3.05, 3.63) is 35.4 Å². The highest BCUT2D eigenvalue weighted by Gasteiger charge is 2.39. The summed E-state index contributed by atoms with van der Waals surface area (Å²) in [5.74, 6) is -2.32. The zero-order chi connectivity index (χ0) is 16.4. The highest BCUT2D eigenvalue weighted by Crippen LogP contribution is 2.28. The number of carboxylic acid groups (broad SMARTS) is 1. The Labute approximate surface area is 135 Å². The molecule has 1 unspecified atom stereocenters. The molecule has 1 aromatic carbocycles. The highest BCUT2D eigenvalue weighted by molar-refractivity contribution is 6.37. The standard InChI is InChI=1S/C18H21NO4/c20-16(12-6-2-1-3-7-12)17(21)19-11-14-9-5-4-8-13(14)10-15(19)18(22)23/h4-5,8-9,12,15H,1-3,6-7,10-11H2,(H,22,23). The predicted molar refractivity (Wildman–Crippen MR) is 83.7 cm³/mol. The lowest BCUT2D eigenvalue weighted by molar-refractivity contribution is -0.156. The van der Waals surface area contributed by atoms with E-state index in [1.807, 2.05) is 24.3 Å². The third-order valence-electron chi connectivity index (χ3n) is 4.98. The van der Waals surface area contributed by atoms with Crippen LogP contribution >= 0.6 is 0 Å². The third-order valence-corrected chi connectivity index (χ3v) is 4.98. The predicted octanol–water partition coefficient (Wildman–Crippen LogP) is 2.17. The number of amides is 1. The number of carboxylic acids is 1. The number of hydrogen-bond acceptors (Lipinski definition) is 3. The summed E-state index contributed by atoms with van der Waals surface area (Å²) in [6, 6.07) is 6.55. The van der Waals surface area contributed by atoms with Crippen LogP contribution < -0.4 is 0 Å². The van der Waals surface area contributed by atoms with Gasteiger partial charge in [-0.25, -0.2) is 4.79 Å². The molecule has 1 heterocycles. The number of rotatable bonds is 3. The molecule has 0 spiro atoms. The van der Waals surface area contributed by atoms with E-state index in [0.29, 0.717) is 0 Å². The second kappa shape index (κ2) is 6.52. The third kappa shape index (κ3) is 3.14. The van der Waals surface area contributed by atoms with Crippen molar-refractivity contribution in [2.75, 3.05) is 0 Å². The summed E-state index contributed by atoms with van der Waals surface area (Å²) in [6.07, 6.45) is 4.78. The summed E-state index contributed by atoms with van der Waals surface area (Å²) in [6.45, 7) is 0.199. The van der Waals surface area contributed by atoms with Crippen molar-refractivity contribution in [2.24, 2.45) is 5.92 Å². The first-order valence-electron chi connectivity index (χ1n) is 8.22. The van der Waals surface area contributed by atoms with Gasteiger partial charge in [0, 0.05) is 18.9 Å². The number of carbonyl (C=O) groups excluding carboxylic acids is 2. The molecular formula is C18H21NO4. The van der Waals surface area contributed by atoms with E-state index >= 15 is 0 Å². The number of Topliss-reactive ketones (excluding diaryl/α,β-unsaturated/α-hetero) is 1. The Kier molecular flexibility index (Phi) is 4.46. The fraction of sp³-hybridized carbons (Fsp3) is 0.500. The second-order valence-electron chi connectivity index (χ2n) is 6.46. The molecule has 2 aliphatic rings. The molecule has 0 saturated heterocycles. The number of ketones is 1. The molecule has 1 saturated carbocycles. The Morgan fingerprint density at radius 1 is 1.00 bits per heavy atom. The molecule has 1 aliphatic carbocycles. The minimum absolute atomic E-state index is 0.199. The van der Waals surface area contributed by atoms with Gasteiger partial charge in [0.1, 0.15) is 6.04 Å². The minimum Gasteiger partial charge on any atom is -0.480 e. The molecule has 0 aromatic heterocycles. The normalized spacial score (nSPS) is 21.6. The van der Waals surface area contributed by atoms with Crippen LogP contribution in [-0.2, 0) is 27.3 Å². The highest BCUT2D eigenvalue weighted by atomic mass is 16.4. The van der Waals surface area contributed by atoms with Gasteiger partial charge < -0.3 is 10.0 Å². The smallest absolute Gasteiger partial charge is 0.326 e. The van der Waals surface area contributed by atoms with Gasteiger partial charge in [0.2, 0.25) is 5.78 Å². The number of aliphatic carboxylic acids is 1. The molecule has 122 valence electrons. The second-order valence-corrected chi connectivity index (χ2v) is 6.46. The van der Waals surface area contributed by atoms with Gasteiger partial charge in [-0.1, -0.05) is 43.5 Å². The Morgan fingerprint density at radius 2 is 1.65 bits per heavy atom. The molecule has 5 heteroatoms. The van der Waals surface area contributed by atoms with Crippen LogP contribution in [-0.4, -0.2) is 33.7 Å². The number of carbonyl (C=O) groups is 3. The summed E-state index contributed by atoms with van der Waals surface area (Å²) < 4.78 is 0.